The number of halogens is 1. The highest BCUT2D eigenvalue weighted by molar-refractivity contribution is 7.12. The number of thiophene rings is 1. The molecule has 3 rings (SSSR count). The van der Waals surface area contributed by atoms with Crippen LogP contribution in [0.2, 0.25) is 0 Å². The lowest BCUT2D eigenvalue weighted by atomic mass is 9.91. The van der Waals surface area contributed by atoms with Gasteiger partial charge in [-0.25, -0.2) is 9.40 Å². The first-order valence-electron chi connectivity index (χ1n) is 10.6. The number of nitrogens with zero attached hydrogens (tertiary/aromatic N) is 3. The average Bonchev–Trinajstić information content (AvgIpc) is 3.40. The minimum Gasteiger partial charge on any atom is -0.383 e. The van der Waals surface area contributed by atoms with Crippen LogP contribution in [0.3, 0.4) is 0 Å². The van der Waals surface area contributed by atoms with E-state index in [1.54, 1.807) is 30.6 Å². The average molecular weight is 460 g/mol. The molecule has 2 heterocycles. The molecule has 32 heavy (non-hydrogen) atoms. The summed E-state index contributed by atoms with van der Waals surface area (Å²) in [5.41, 5.74) is 1.42. The van der Waals surface area contributed by atoms with Crippen molar-refractivity contribution in [3.63, 3.8) is 0 Å². The molecule has 2 amide bonds. The maximum Gasteiger partial charge on any atom is 0.262 e. The second-order valence-electron chi connectivity index (χ2n) is 9.08. The fraction of sp³-hybridized carbons (Fsp3) is 0.458. The third-order valence-corrected chi connectivity index (χ3v) is 6.07. The van der Waals surface area contributed by atoms with Gasteiger partial charge in [0.15, 0.2) is 0 Å². The standard InChI is InChI=1S/C24H30FN3O3S/c1-24(2,3)15-22(29)27(11-12-31-4)16-23(30)28-20(17-7-9-18(25)10-8-17)14-19(26-28)21-6-5-13-32-21/h5-10,13,20H,11-12,14-16H2,1-4H3. The molecular formula is C24H30FN3O3S. The van der Waals surface area contributed by atoms with Crippen molar-refractivity contribution in [1.82, 2.24) is 9.91 Å². The fourth-order valence-electron chi connectivity index (χ4n) is 3.57. The minimum atomic E-state index is -0.345. The van der Waals surface area contributed by atoms with Crippen LogP contribution in [0.5, 0.6) is 0 Å². The summed E-state index contributed by atoms with van der Waals surface area (Å²) in [6.45, 7) is 6.55. The van der Waals surface area contributed by atoms with Gasteiger partial charge in [0.05, 0.1) is 23.2 Å². The maximum atomic E-state index is 13.5. The third kappa shape index (κ3) is 6.23. The van der Waals surface area contributed by atoms with Gasteiger partial charge in [-0.05, 0) is 34.6 Å². The van der Waals surface area contributed by atoms with Crippen molar-refractivity contribution in [2.24, 2.45) is 10.5 Å². The Morgan fingerprint density at radius 1 is 1.25 bits per heavy atom. The molecule has 1 aromatic carbocycles. The number of hydrogen-bond acceptors (Lipinski definition) is 5. The summed E-state index contributed by atoms with van der Waals surface area (Å²) in [5.74, 6) is -0.699. The predicted octanol–water partition coefficient (Wildman–Crippen LogP) is 4.48. The number of amides is 2. The summed E-state index contributed by atoms with van der Waals surface area (Å²) in [7, 11) is 1.57. The fourth-order valence-corrected chi connectivity index (χ4v) is 4.29. The van der Waals surface area contributed by atoms with Gasteiger partial charge < -0.3 is 9.64 Å². The van der Waals surface area contributed by atoms with E-state index in [0.717, 1.165) is 16.2 Å². The van der Waals surface area contributed by atoms with Crippen molar-refractivity contribution in [1.29, 1.82) is 0 Å². The minimum absolute atomic E-state index is 0.0861. The molecule has 0 radical (unpaired) electrons. The zero-order valence-electron chi connectivity index (χ0n) is 19.0. The Labute approximate surface area is 192 Å². The van der Waals surface area contributed by atoms with Crippen molar-refractivity contribution in [3.8, 4) is 0 Å². The van der Waals surface area contributed by atoms with Crippen LogP contribution in [0.15, 0.2) is 46.9 Å². The van der Waals surface area contributed by atoms with Crippen LogP contribution in [-0.4, -0.2) is 54.2 Å². The van der Waals surface area contributed by atoms with Gasteiger partial charge in [-0.1, -0.05) is 39.0 Å². The van der Waals surface area contributed by atoms with Gasteiger partial charge in [-0.2, -0.15) is 5.10 Å². The predicted molar refractivity (Wildman–Crippen MR) is 124 cm³/mol. The van der Waals surface area contributed by atoms with Crippen molar-refractivity contribution in [2.75, 3.05) is 26.8 Å². The van der Waals surface area contributed by atoms with E-state index in [2.05, 4.69) is 5.10 Å². The molecule has 0 fully saturated rings. The van der Waals surface area contributed by atoms with Gasteiger partial charge in [-0.15, -0.1) is 11.3 Å². The summed E-state index contributed by atoms with van der Waals surface area (Å²) in [4.78, 5) is 28.8. The molecule has 2 aromatic rings. The molecule has 8 heteroatoms. The number of rotatable bonds is 8. The van der Waals surface area contributed by atoms with Crippen LogP contribution < -0.4 is 0 Å². The van der Waals surface area contributed by atoms with E-state index in [1.807, 2.05) is 38.3 Å². The first-order valence-corrected chi connectivity index (χ1v) is 11.5. The molecule has 1 aromatic heterocycles. The molecule has 0 spiro atoms. The Bertz CT molecular complexity index is 952. The van der Waals surface area contributed by atoms with Crippen LogP contribution >= 0.6 is 11.3 Å². The van der Waals surface area contributed by atoms with Gasteiger partial charge in [0.2, 0.25) is 5.91 Å². The summed E-state index contributed by atoms with van der Waals surface area (Å²) in [5, 5.41) is 8.04. The number of carbonyl (C=O) groups excluding carboxylic acids is 2. The molecule has 1 aliphatic rings. The first kappa shape index (κ1) is 24.1. The van der Waals surface area contributed by atoms with Crippen LogP contribution in [0.4, 0.5) is 4.39 Å². The van der Waals surface area contributed by atoms with E-state index in [9.17, 15) is 14.0 Å². The highest BCUT2D eigenvalue weighted by Crippen LogP contribution is 2.34. The lowest BCUT2D eigenvalue weighted by Crippen LogP contribution is -2.43. The monoisotopic (exact) mass is 459 g/mol. The van der Waals surface area contributed by atoms with Gasteiger partial charge in [0.25, 0.3) is 5.91 Å². The van der Waals surface area contributed by atoms with Gasteiger partial charge in [-0.3, -0.25) is 9.59 Å². The van der Waals surface area contributed by atoms with Crippen LogP contribution in [0.25, 0.3) is 0 Å². The Balaban J connectivity index is 1.84. The molecular weight excluding hydrogens is 429 g/mol. The number of methoxy groups -OCH3 is 1. The van der Waals surface area contributed by atoms with E-state index in [4.69, 9.17) is 4.74 Å². The topological polar surface area (TPSA) is 62.2 Å². The van der Waals surface area contributed by atoms with E-state index >= 15 is 0 Å². The number of hydrazone groups is 1. The molecule has 1 atom stereocenters. The van der Waals surface area contributed by atoms with Gasteiger partial charge in [0.1, 0.15) is 12.4 Å². The summed E-state index contributed by atoms with van der Waals surface area (Å²) < 4.78 is 18.6. The van der Waals surface area contributed by atoms with Crippen molar-refractivity contribution >= 4 is 28.9 Å². The molecule has 0 saturated heterocycles. The third-order valence-electron chi connectivity index (χ3n) is 5.15. The largest absolute Gasteiger partial charge is 0.383 e. The lowest BCUT2D eigenvalue weighted by Gasteiger charge is -2.29. The molecule has 0 N–H and O–H groups in total. The van der Waals surface area contributed by atoms with Crippen LogP contribution in [-0.2, 0) is 14.3 Å². The van der Waals surface area contributed by atoms with E-state index < -0.39 is 0 Å². The lowest BCUT2D eigenvalue weighted by molar-refractivity contribution is -0.143. The van der Waals surface area contributed by atoms with Crippen LogP contribution in [0.1, 0.15) is 50.1 Å². The van der Waals surface area contributed by atoms with Crippen LogP contribution in [0, 0.1) is 11.2 Å². The zero-order valence-corrected chi connectivity index (χ0v) is 19.8. The highest BCUT2D eigenvalue weighted by Gasteiger charge is 2.35. The molecule has 172 valence electrons. The number of carbonyl (C=O) groups is 2. The summed E-state index contributed by atoms with van der Waals surface area (Å²) >= 11 is 1.56. The number of ether oxygens (including phenoxy) is 1. The Hall–Kier alpha value is -2.58. The van der Waals surface area contributed by atoms with Crippen molar-refractivity contribution in [2.45, 2.75) is 39.7 Å². The normalized spacial score (nSPS) is 16.2. The number of hydrogen-bond donors (Lipinski definition) is 0. The second-order valence-corrected chi connectivity index (χ2v) is 10.0. The second kappa shape index (κ2) is 10.4. The maximum absolute atomic E-state index is 13.5. The molecule has 0 saturated carbocycles. The quantitative estimate of drug-likeness (QED) is 0.585. The highest BCUT2D eigenvalue weighted by atomic mass is 32.1. The molecule has 0 aliphatic carbocycles. The Morgan fingerprint density at radius 3 is 2.56 bits per heavy atom. The van der Waals surface area contributed by atoms with E-state index in [0.29, 0.717) is 26.0 Å². The SMILES string of the molecule is COCCN(CC(=O)N1N=C(c2cccs2)CC1c1ccc(F)cc1)C(=O)CC(C)(C)C. The molecule has 1 unspecified atom stereocenters. The Morgan fingerprint density at radius 2 is 1.97 bits per heavy atom. The van der Waals surface area contributed by atoms with Gasteiger partial charge in [0, 0.05) is 26.5 Å². The summed E-state index contributed by atoms with van der Waals surface area (Å²) in [6.07, 6.45) is 0.862. The first-order chi connectivity index (χ1) is 15.2. The van der Waals surface area contributed by atoms with Crippen molar-refractivity contribution < 1.29 is 18.7 Å². The molecule has 1 aliphatic heterocycles. The summed E-state index contributed by atoms with van der Waals surface area (Å²) in [6, 6.07) is 9.70. The van der Waals surface area contributed by atoms with E-state index in [-0.39, 0.29) is 35.6 Å². The smallest absolute Gasteiger partial charge is 0.262 e. The molecule has 6 nitrogen and oxygen atoms in total. The Kier molecular flexibility index (Phi) is 7.79. The van der Waals surface area contributed by atoms with Gasteiger partial charge >= 0.3 is 0 Å². The zero-order chi connectivity index (χ0) is 23.3. The van der Waals surface area contributed by atoms with Crippen molar-refractivity contribution in [3.05, 3.63) is 58.0 Å². The number of benzene rings is 1. The molecule has 0 bridgehead atoms. The van der Waals surface area contributed by atoms with E-state index in [1.165, 1.54) is 22.0 Å².